The van der Waals surface area contributed by atoms with Crippen LogP contribution >= 0.6 is 11.3 Å². The molecule has 0 aliphatic heterocycles. The van der Waals surface area contributed by atoms with Gasteiger partial charge < -0.3 is 8.97 Å². The first kappa shape index (κ1) is 23.8. The average Bonchev–Trinajstić information content (AvgIpc) is 3.84. The molecule has 0 unspecified atom stereocenters. The van der Waals surface area contributed by atoms with E-state index >= 15 is 0 Å². The molecule has 0 aliphatic carbocycles. The fourth-order valence-corrected chi connectivity index (χ4v) is 9.25. The van der Waals surface area contributed by atoms with Crippen LogP contribution < -0.4 is 0 Å². The van der Waals surface area contributed by atoms with Gasteiger partial charge in [0.15, 0.2) is 0 Å². The van der Waals surface area contributed by atoms with E-state index in [1.165, 1.54) is 96.9 Å². The molecule has 208 valence electrons. The van der Waals surface area contributed by atoms with E-state index in [9.17, 15) is 0 Å². The molecule has 0 bridgehead atoms. The molecule has 11 rings (SSSR count). The molecule has 4 heterocycles. The van der Waals surface area contributed by atoms with Crippen LogP contribution in [0, 0.1) is 0 Å². The van der Waals surface area contributed by atoms with E-state index in [1.54, 1.807) is 0 Å². The third kappa shape index (κ3) is 2.94. The van der Waals surface area contributed by atoms with Crippen molar-refractivity contribution in [1.29, 1.82) is 0 Å². The molecule has 0 radical (unpaired) electrons. The summed E-state index contributed by atoms with van der Waals surface area (Å²) < 4.78 is 7.71. The fourth-order valence-electron chi connectivity index (χ4n) is 8.12. The Bertz CT molecular complexity index is 2990. The number of aromatic nitrogens is 2. The van der Waals surface area contributed by atoms with Crippen LogP contribution in [0.1, 0.15) is 0 Å². The summed E-state index contributed by atoms with van der Waals surface area (Å²) in [5.74, 6) is 0. The normalized spacial score (nSPS) is 12.4. The highest BCUT2D eigenvalue weighted by atomic mass is 32.1. The van der Waals surface area contributed by atoms with Crippen molar-refractivity contribution in [2.75, 3.05) is 0 Å². The minimum Gasteiger partial charge on any atom is -0.306 e. The zero-order valence-corrected chi connectivity index (χ0v) is 25.0. The molecule has 7 aromatic carbocycles. The van der Waals surface area contributed by atoms with Crippen LogP contribution in [0.25, 0.3) is 96.9 Å². The Hall–Kier alpha value is -5.64. The van der Waals surface area contributed by atoms with Gasteiger partial charge in [-0.05, 0) is 35.9 Å². The molecular formula is C42H24N2S. The van der Waals surface area contributed by atoms with Crippen LogP contribution in [-0.2, 0) is 0 Å². The Labute approximate surface area is 261 Å². The van der Waals surface area contributed by atoms with Crippen molar-refractivity contribution in [3.63, 3.8) is 0 Å². The molecule has 0 atom stereocenters. The topological polar surface area (TPSA) is 9.34 Å². The largest absolute Gasteiger partial charge is 0.306 e. The monoisotopic (exact) mass is 588 g/mol. The molecule has 2 nitrogen and oxygen atoms in total. The maximum atomic E-state index is 2.54. The van der Waals surface area contributed by atoms with Crippen molar-refractivity contribution >= 4 is 91.4 Å². The summed E-state index contributed by atoms with van der Waals surface area (Å²) >= 11 is 1.88. The Morgan fingerprint density at radius 2 is 0.889 bits per heavy atom. The Morgan fingerprint density at radius 1 is 0.356 bits per heavy atom. The quantitative estimate of drug-likeness (QED) is 0.190. The van der Waals surface area contributed by atoms with E-state index in [0.29, 0.717) is 0 Å². The average molecular weight is 589 g/mol. The summed E-state index contributed by atoms with van der Waals surface area (Å²) in [6, 6.07) is 53.8. The third-order valence-electron chi connectivity index (χ3n) is 9.85. The van der Waals surface area contributed by atoms with Crippen molar-refractivity contribution in [2.24, 2.45) is 0 Å². The highest BCUT2D eigenvalue weighted by Crippen LogP contribution is 2.46. The summed E-state index contributed by atoms with van der Waals surface area (Å²) in [4.78, 5) is 0. The van der Waals surface area contributed by atoms with Gasteiger partial charge >= 0.3 is 0 Å². The predicted molar refractivity (Wildman–Crippen MR) is 194 cm³/mol. The van der Waals surface area contributed by atoms with Gasteiger partial charge in [-0.1, -0.05) is 115 Å². The first-order valence-electron chi connectivity index (χ1n) is 15.5. The number of fused-ring (bicyclic) bond motifs is 12. The Balaban J connectivity index is 1.37. The SMILES string of the molecule is c1ccc2c(c1)sc1cccc(-c3cccc4c5ccccc5n(-c5cccc6c7cccc8c9ccccc9n(c56)c87)c34)c12. The molecule has 0 saturated carbocycles. The molecule has 4 aromatic heterocycles. The Kier molecular flexibility index (Phi) is 4.49. The van der Waals surface area contributed by atoms with Gasteiger partial charge in [0.1, 0.15) is 0 Å². The third-order valence-corrected chi connectivity index (χ3v) is 11.0. The number of benzene rings is 7. The molecule has 45 heavy (non-hydrogen) atoms. The van der Waals surface area contributed by atoms with Gasteiger partial charge in [0.25, 0.3) is 0 Å². The first-order chi connectivity index (χ1) is 22.4. The second-order valence-corrected chi connectivity index (χ2v) is 13.1. The summed E-state index contributed by atoms with van der Waals surface area (Å²) in [5.41, 5.74) is 10.0. The van der Waals surface area contributed by atoms with Gasteiger partial charge in [-0.2, -0.15) is 0 Å². The molecule has 0 aliphatic rings. The number of nitrogens with zero attached hydrogens (tertiary/aromatic N) is 2. The molecule has 0 amide bonds. The van der Waals surface area contributed by atoms with Crippen molar-refractivity contribution in [3.05, 3.63) is 146 Å². The van der Waals surface area contributed by atoms with Crippen LogP contribution in [0.5, 0.6) is 0 Å². The summed E-state index contributed by atoms with van der Waals surface area (Å²) in [7, 11) is 0. The lowest BCUT2D eigenvalue weighted by molar-refractivity contribution is 1.18. The van der Waals surface area contributed by atoms with Crippen LogP contribution in [0.15, 0.2) is 146 Å². The molecule has 0 fully saturated rings. The highest BCUT2D eigenvalue weighted by molar-refractivity contribution is 7.25. The van der Waals surface area contributed by atoms with E-state index in [1.807, 2.05) is 11.3 Å². The van der Waals surface area contributed by atoms with Crippen LogP contribution in [0.4, 0.5) is 0 Å². The Morgan fingerprint density at radius 3 is 1.73 bits per heavy atom. The van der Waals surface area contributed by atoms with Crippen LogP contribution in [0.3, 0.4) is 0 Å². The number of hydrogen-bond donors (Lipinski definition) is 0. The lowest BCUT2D eigenvalue weighted by Gasteiger charge is -2.14. The predicted octanol–water partition coefficient (Wildman–Crippen LogP) is 12.0. The second-order valence-electron chi connectivity index (χ2n) is 12.1. The van der Waals surface area contributed by atoms with E-state index in [0.717, 1.165) is 0 Å². The maximum absolute atomic E-state index is 2.54. The number of para-hydroxylation sites is 5. The lowest BCUT2D eigenvalue weighted by atomic mass is 9.97. The molecule has 0 saturated heterocycles. The van der Waals surface area contributed by atoms with E-state index in [4.69, 9.17) is 0 Å². The molecule has 0 N–H and O–H groups in total. The zero-order valence-electron chi connectivity index (χ0n) is 24.2. The van der Waals surface area contributed by atoms with Gasteiger partial charge in [-0.25, -0.2) is 0 Å². The first-order valence-corrected chi connectivity index (χ1v) is 16.3. The van der Waals surface area contributed by atoms with E-state index in [-0.39, 0.29) is 0 Å². The minimum atomic E-state index is 1.20. The van der Waals surface area contributed by atoms with Crippen molar-refractivity contribution in [2.45, 2.75) is 0 Å². The van der Waals surface area contributed by atoms with E-state index in [2.05, 4.69) is 155 Å². The molecule has 0 spiro atoms. The summed E-state index contributed by atoms with van der Waals surface area (Å²) in [5, 5.41) is 10.4. The second kappa shape index (κ2) is 8.50. The van der Waals surface area contributed by atoms with Crippen molar-refractivity contribution in [1.82, 2.24) is 8.97 Å². The van der Waals surface area contributed by atoms with Gasteiger partial charge in [-0.15, -0.1) is 11.3 Å². The molecule has 11 aromatic rings. The zero-order chi connectivity index (χ0) is 29.2. The van der Waals surface area contributed by atoms with Crippen LogP contribution in [-0.4, -0.2) is 8.97 Å². The molecular weight excluding hydrogens is 565 g/mol. The lowest BCUT2D eigenvalue weighted by Crippen LogP contribution is -1.98. The highest BCUT2D eigenvalue weighted by Gasteiger charge is 2.23. The summed E-state index contributed by atoms with van der Waals surface area (Å²) in [6.45, 7) is 0. The van der Waals surface area contributed by atoms with Gasteiger partial charge in [-0.3, -0.25) is 0 Å². The molecule has 3 heteroatoms. The number of thiophene rings is 1. The van der Waals surface area contributed by atoms with Gasteiger partial charge in [0.2, 0.25) is 0 Å². The standard InChI is InChI=1S/C42H24N2S/c1-4-20-34-25(11-1)28-15-7-17-30(27-14-10-24-38-39(27)33-13-3-6-23-37(33)45-38)40(28)43(34)36-22-9-19-32-31-18-8-16-29-26-12-2-5-21-35(26)44(41(29)31)42(32)36/h1-24H. The maximum Gasteiger partial charge on any atom is 0.0782 e. The summed E-state index contributed by atoms with van der Waals surface area (Å²) in [6.07, 6.45) is 0. The smallest absolute Gasteiger partial charge is 0.0782 e. The number of hydrogen-bond acceptors (Lipinski definition) is 1. The minimum absolute atomic E-state index is 1.20. The van der Waals surface area contributed by atoms with Crippen molar-refractivity contribution < 1.29 is 0 Å². The van der Waals surface area contributed by atoms with E-state index < -0.39 is 0 Å². The fraction of sp³-hybridized carbons (Fsp3) is 0. The number of rotatable bonds is 2. The van der Waals surface area contributed by atoms with Gasteiger partial charge in [0.05, 0.1) is 33.3 Å². The van der Waals surface area contributed by atoms with Gasteiger partial charge in [0, 0.05) is 58.1 Å². The van der Waals surface area contributed by atoms with Crippen molar-refractivity contribution in [3.8, 4) is 16.8 Å². The van der Waals surface area contributed by atoms with Crippen LogP contribution in [0.2, 0.25) is 0 Å².